The van der Waals surface area contributed by atoms with Gasteiger partial charge in [-0.2, -0.15) is 19.9 Å². The molecule has 0 saturated carbocycles. The average molecular weight is 367 g/mol. The quantitative estimate of drug-likeness (QED) is 0.580. The number of furan rings is 1. The molecule has 0 saturated heterocycles. The molecule has 4 rings (SSSR count). The number of halogens is 1. The number of hydrogen-bond donors (Lipinski definition) is 1. The van der Waals surface area contributed by atoms with Gasteiger partial charge in [0.15, 0.2) is 5.76 Å². The Kier molecular flexibility index (Phi) is 3.99. The Hall–Kier alpha value is -3.82. The molecule has 0 bridgehead atoms. The van der Waals surface area contributed by atoms with Crippen molar-refractivity contribution in [1.82, 2.24) is 25.1 Å². The summed E-state index contributed by atoms with van der Waals surface area (Å²) >= 11 is 0. The maximum absolute atomic E-state index is 14.4. The minimum atomic E-state index is -0.375. The molecule has 3 heterocycles. The molecule has 0 fully saturated rings. The zero-order valence-electron chi connectivity index (χ0n) is 14.4. The van der Waals surface area contributed by atoms with Gasteiger partial charge in [-0.1, -0.05) is 17.3 Å². The number of hydrogen-bond acceptors (Lipinski definition) is 9. The van der Waals surface area contributed by atoms with E-state index in [2.05, 4.69) is 25.1 Å². The van der Waals surface area contributed by atoms with Gasteiger partial charge >= 0.3 is 0 Å². The lowest BCUT2D eigenvalue weighted by Crippen LogP contribution is -2.17. The number of anilines is 3. The monoisotopic (exact) mass is 367 g/mol. The predicted octanol–water partition coefficient (Wildman–Crippen LogP) is 2.98. The van der Waals surface area contributed by atoms with Crippen molar-refractivity contribution in [3.63, 3.8) is 0 Å². The lowest BCUT2D eigenvalue weighted by atomic mass is 10.2. The molecule has 3 aromatic heterocycles. The van der Waals surface area contributed by atoms with Crippen LogP contribution in [0.15, 0.2) is 45.5 Å². The van der Waals surface area contributed by atoms with Crippen molar-refractivity contribution in [3.05, 3.63) is 48.0 Å². The highest BCUT2D eigenvalue weighted by Gasteiger charge is 2.19. The average Bonchev–Trinajstić information content (AvgIpc) is 3.34. The Balaban J connectivity index is 1.73. The molecule has 0 aliphatic rings. The number of nitrogens with two attached hydrogens (primary N) is 1. The van der Waals surface area contributed by atoms with E-state index in [9.17, 15) is 4.39 Å². The summed E-state index contributed by atoms with van der Waals surface area (Å²) in [4.78, 5) is 18.1. The van der Waals surface area contributed by atoms with Crippen LogP contribution in [0, 0.1) is 12.7 Å². The van der Waals surface area contributed by atoms with Crippen LogP contribution in [0.2, 0.25) is 0 Å². The number of aromatic nitrogens is 5. The molecular formula is C17H14FN7O2. The van der Waals surface area contributed by atoms with Gasteiger partial charge in [-0.15, -0.1) is 0 Å². The van der Waals surface area contributed by atoms with E-state index in [-0.39, 0.29) is 35.3 Å². The smallest absolute Gasteiger partial charge is 0.294 e. The van der Waals surface area contributed by atoms with Crippen molar-refractivity contribution < 1.29 is 13.3 Å². The first-order chi connectivity index (χ1) is 13.0. The van der Waals surface area contributed by atoms with Crippen molar-refractivity contribution >= 4 is 17.6 Å². The second kappa shape index (κ2) is 6.48. The lowest BCUT2D eigenvalue weighted by molar-refractivity contribution is 0.416. The van der Waals surface area contributed by atoms with E-state index in [4.69, 9.17) is 14.7 Å². The number of nitrogen functional groups attached to an aromatic ring is 1. The van der Waals surface area contributed by atoms with Crippen LogP contribution in [-0.4, -0.2) is 32.1 Å². The summed E-state index contributed by atoms with van der Waals surface area (Å²) in [6, 6.07) is 8.41. The maximum atomic E-state index is 14.4. The van der Waals surface area contributed by atoms with Crippen LogP contribution in [0.5, 0.6) is 0 Å². The summed E-state index contributed by atoms with van der Waals surface area (Å²) in [5, 5.41) is 3.84. The third kappa shape index (κ3) is 3.08. The molecule has 0 unspecified atom stereocenters. The van der Waals surface area contributed by atoms with Gasteiger partial charge < -0.3 is 19.6 Å². The molecule has 0 radical (unpaired) electrons. The fraction of sp³-hybridized carbons (Fsp3) is 0.118. The highest BCUT2D eigenvalue weighted by atomic mass is 19.1. The van der Waals surface area contributed by atoms with Crippen molar-refractivity contribution in [2.45, 2.75) is 6.92 Å². The first kappa shape index (κ1) is 16.6. The molecule has 0 spiro atoms. The van der Waals surface area contributed by atoms with Crippen LogP contribution < -0.4 is 10.6 Å². The van der Waals surface area contributed by atoms with Crippen LogP contribution >= 0.6 is 0 Å². The highest BCUT2D eigenvalue weighted by molar-refractivity contribution is 5.61. The van der Waals surface area contributed by atoms with Crippen molar-refractivity contribution in [2.75, 3.05) is 17.7 Å². The van der Waals surface area contributed by atoms with Gasteiger partial charge in [0.25, 0.3) is 5.89 Å². The zero-order valence-corrected chi connectivity index (χ0v) is 14.4. The second-order valence-corrected chi connectivity index (χ2v) is 5.68. The van der Waals surface area contributed by atoms with Crippen molar-refractivity contribution in [1.29, 1.82) is 0 Å². The van der Waals surface area contributed by atoms with Crippen LogP contribution in [0.4, 0.5) is 22.0 Å². The zero-order chi connectivity index (χ0) is 19.0. The minimum Gasteiger partial charge on any atom is -0.459 e. The second-order valence-electron chi connectivity index (χ2n) is 5.68. The molecule has 0 aliphatic heterocycles. The molecule has 0 amide bonds. The van der Waals surface area contributed by atoms with E-state index in [0.29, 0.717) is 17.0 Å². The largest absolute Gasteiger partial charge is 0.459 e. The molecule has 10 heteroatoms. The highest BCUT2D eigenvalue weighted by Crippen LogP contribution is 2.27. The number of benzene rings is 1. The van der Waals surface area contributed by atoms with Crippen LogP contribution in [0.1, 0.15) is 5.56 Å². The first-order valence-corrected chi connectivity index (χ1v) is 7.91. The first-order valence-electron chi connectivity index (χ1n) is 7.91. The molecule has 9 nitrogen and oxygen atoms in total. The molecule has 27 heavy (non-hydrogen) atoms. The topological polar surface area (TPSA) is 120 Å². The third-order valence-corrected chi connectivity index (χ3v) is 3.83. The summed E-state index contributed by atoms with van der Waals surface area (Å²) in [6.07, 6.45) is 1.49. The van der Waals surface area contributed by atoms with Crippen LogP contribution in [-0.2, 0) is 0 Å². The van der Waals surface area contributed by atoms with Gasteiger partial charge in [0.1, 0.15) is 5.82 Å². The lowest BCUT2D eigenvalue weighted by Gasteiger charge is -2.18. The van der Waals surface area contributed by atoms with E-state index < -0.39 is 0 Å². The number of rotatable bonds is 4. The molecule has 1 aromatic carbocycles. The third-order valence-electron chi connectivity index (χ3n) is 3.83. The van der Waals surface area contributed by atoms with E-state index in [1.54, 1.807) is 44.3 Å². The summed E-state index contributed by atoms with van der Waals surface area (Å²) < 4.78 is 24.8. The van der Waals surface area contributed by atoms with Crippen molar-refractivity contribution in [3.8, 4) is 23.3 Å². The van der Waals surface area contributed by atoms with E-state index >= 15 is 0 Å². The summed E-state index contributed by atoms with van der Waals surface area (Å²) in [7, 11) is 1.63. The van der Waals surface area contributed by atoms with Crippen LogP contribution in [0.3, 0.4) is 0 Å². The standard InChI is InChI=1S/C17H14FN7O2/c1-9-5-3-6-10(12(9)18)25(2)17-22-13(21-16(19)23-17)14-20-15(27-24-14)11-7-4-8-26-11/h3-8H,1-2H3,(H2,19,21,22,23). The Morgan fingerprint density at radius 3 is 2.67 bits per heavy atom. The van der Waals surface area contributed by atoms with Crippen LogP contribution in [0.25, 0.3) is 23.3 Å². The fourth-order valence-corrected chi connectivity index (χ4v) is 2.44. The summed E-state index contributed by atoms with van der Waals surface area (Å²) in [5.41, 5.74) is 6.60. The molecule has 0 aliphatic carbocycles. The van der Waals surface area contributed by atoms with Gasteiger partial charge in [-0.3, -0.25) is 0 Å². The predicted molar refractivity (Wildman–Crippen MR) is 94.4 cm³/mol. The summed E-state index contributed by atoms with van der Waals surface area (Å²) in [5.74, 6) is 0.503. The van der Waals surface area contributed by atoms with E-state index in [0.717, 1.165) is 0 Å². The Bertz CT molecular complexity index is 1090. The minimum absolute atomic E-state index is 0.0562. The molecule has 0 atom stereocenters. The molecule has 2 N–H and O–H groups in total. The van der Waals surface area contributed by atoms with E-state index in [1.807, 2.05) is 0 Å². The fourth-order valence-electron chi connectivity index (χ4n) is 2.44. The molecular weight excluding hydrogens is 353 g/mol. The number of aryl methyl sites for hydroxylation is 1. The normalized spacial score (nSPS) is 10.9. The Morgan fingerprint density at radius 1 is 1.04 bits per heavy atom. The molecule has 136 valence electrons. The van der Waals surface area contributed by atoms with Crippen molar-refractivity contribution in [2.24, 2.45) is 0 Å². The van der Waals surface area contributed by atoms with Gasteiger partial charge in [0.05, 0.1) is 12.0 Å². The summed E-state index contributed by atoms with van der Waals surface area (Å²) in [6.45, 7) is 1.68. The van der Waals surface area contributed by atoms with Gasteiger partial charge in [0.2, 0.25) is 23.5 Å². The maximum Gasteiger partial charge on any atom is 0.294 e. The van der Waals surface area contributed by atoms with Gasteiger partial charge in [-0.25, -0.2) is 4.39 Å². The Morgan fingerprint density at radius 2 is 1.89 bits per heavy atom. The van der Waals surface area contributed by atoms with E-state index in [1.165, 1.54) is 11.2 Å². The SMILES string of the molecule is Cc1cccc(N(C)c2nc(N)nc(-c3noc(-c4ccco4)n3)n2)c1F. The molecule has 4 aromatic rings. The van der Waals surface area contributed by atoms with Gasteiger partial charge in [0, 0.05) is 7.05 Å². The van der Waals surface area contributed by atoms with Gasteiger partial charge in [-0.05, 0) is 30.7 Å². The Labute approximate surface area is 152 Å². The number of nitrogens with zero attached hydrogens (tertiary/aromatic N) is 6.